The van der Waals surface area contributed by atoms with Crippen LogP contribution in [0.1, 0.15) is 57.7 Å². The Hall–Kier alpha value is -3.65. The fourth-order valence-electron chi connectivity index (χ4n) is 3.68. The normalized spacial score (nSPS) is 12.0. The number of carbonyl (C=O) groups is 2. The zero-order chi connectivity index (χ0) is 26.5. The molecule has 3 aromatic rings. The lowest BCUT2D eigenvalue weighted by Gasteiger charge is -2.25. The number of nitrogens with one attached hydrogen (secondary N) is 2. The Labute approximate surface area is 213 Å². The molecule has 3 rings (SSSR count). The lowest BCUT2D eigenvalue weighted by molar-refractivity contribution is 0.0940. The Bertz CT molecular complexity index is 1350. The summed E-state index contributed by atoms with van der Waals surface area (Å²) in [7, 11) is -3.53. The molecule has 0 fully saturated rings. The Balaban J connectivity index is 1.78. The van der Waals surface area contributed by atoms with Gasteiger partial charge in [-0.25, -0.2) is 8.42 Å². The molecule has 0 unspecified atom stereocenters. The van der Waals surface area contributed by atoms with E-state index in [0.717, 1.165) is 23.1 Å². The number of nitrogens with zero attached hydrogens (tertiary/aromatic N) is 1. The van der Waals surface area contributed by atoms with Crippen molar-refractivity contribution in [2.75, 3.05) is 15.9 Å². The second-order valence-electron chi connectivity index (χ2n) is 9.04. The first kappa shape index (κ1) is 26.9. The summed E-state index contributed by atoms with van der Waals surface area (Å²) in [5, 5.41) is 5.73. The van der Waals surface area contributed by atoms with Gasteiger partial charge in [-0.1, -0.05) is 43.3 Å². The minimum absolute atomic E-state index is 0.0175. The summed E-state index contributed by atoms with van der Waals surface area (Å²) in [6.07, 6.45) is 1.98. The number of aryl methyl sites for hydroxylation is 2. The van der Waals surface area contributed by atoms with E-state index in [1.165, 1.54) is 10.6 Å². The zero-order valence-electron chi connectivity index (χ0n) is 21.3. The van der Waals surface area contributed by atoms with Crippen LogP contribution in [-0.2, 0) is 16.6 Å². The van der Waals surface area contributed by atoms with Crippen LogP contribution in [0.3, 0.4) is 0 Å². The minimum atomic E-state index is -3.53. The number of carbonyl (C=O) groups excluding carboxylic acids is 2. The number of amides is 2. The molecule has 0 spiro atoms. The molecule has 36 heavy (non-hydrogen) atoms. The summed E-state index contributed by atoms with van der Waals surface area (Å²) in [4.78, 5) is 25.5. The number of sulfonamides is 1. The van der Waals surface area contributed by atoms with E-state index in [2.05, 4.69) is 10.6 Å². The molecule has 3 aromatic carbocycles. The summed E-state index contributed by atoms with van der Waals surface area (Å²) in [5.41, 5.74) is 4.41. The highest BCUT2D eigenvalue weighted by molar-refractivity contribution is 7.92. The quantitative estimate of drug-likeness (QED) is 0.424. The average molecular weight is 508 g/mol. The van der Waals surface area contributed by atoms with E-state index in [9.17, 15) is 18.0 Å². The molecule has 1 atom stereocenters. The highest BCUT2D eigenvalue weighted by Gasteiger charge is 2.20. The van der Waals surface area contributed by atoms with Crippen LogP contribution in [0.15, 0.2) is 66.7 Å². The van der Waals surface area contributed by atoms with Crippen LogP contribution in [0.4, 0.5) is 11.4 Å². The van der Waals surface area contributed by atoms with Gasteiger partial charge in [-0.15, -0.1) is 0 Å². The van der Waals surface area contributed by atoms with Crippen molar-refractivity contribution in [1.82, 2.24) is 5.32 Å². The monoisotopic (exact) mass is 507 g/mol. The van der Waals surface area contributed by atoms with Crippen molar-refractivity contribution in [1.29, 1.82) is 0 Å². The van der Waals surface area contributed by atoms with Gasteiger partial charge in [0.1, 0.15) is 0 Å². The first-order chi connectivity index (χ1) is 17.0. The van der Waals surface area contributed by atoms with Crippen LogP contribution in [0.25, 0.3) is 0 Å². The fraction of sp³-hybridized carbons (Fsp3) is 0.286. The van der Waals surface area contributed by atoms with Crippen molar-refractivity contribution in [3.63, 3.8) is 0 Å². The largest absolute Gasteiger partial charge is 0.350 e. The number of benzene rings is 3. The smallest absolute Gasteiger partial charge is 0.255 e. The van der Waals surface area contributed by atoms with Crippen molar-refractivity contribution < 1.29 is 18.0 Å². The van der Waals surface area contributed by atoms with Crippen LogP contribution in [-0.4, -0.2) is 32.5 Å². The van der Waals surface area contributed by atoms with Gasteiger partial charge in [-0.05, 0) is 74.2 Å². The first-order valence-corrected chi connectivity index (χ1v) is 13.7. The van der Waals surface area contributed by atoms with Crippen molar-refractivity contribution in [3.05, 3.63) is 94.5 Å². The van der Waals surface area contributed by atoms with Gasteiger partial charge in [-0.2, -0.15) is 0 Å². The third-order valence-electron chi connectivity index (χ3n) is 5.99. The summed E-state index contributed by atoms with van der Waals surface area (Å²) in [6.45, 7) is 7.85. The minimum Gasteiger partial charge on any atom is -0.350 e. The first-order valence-electron chi connectivity index (χ1n) is 11.8. The maximum absolute atomic E-state index is 12.9. The Morgan fingerprint density at radius 2 is 1.61 bits per heavy atom. The highest BCUT2D eigenvalue weighted by Crippen LogP contribution is 2.26. The van der Waals surface area contributed by atoms with E-state index < -0.39 is 10.0 Å². The second kappa shape index (κ2) is 11.4. The lowest BCUT2D eigenvalue weighted by atomic mass is 10.1. The Morgan fingerprint density at radius 1 is 0.944 bits per heavy atom. The van der Waals surface area contributed by atoms with Crippen LogP contribution in [0.2, 0.25) is 0 Å². The molecule has 0 aliphatic carbocycles. The molecule has 0 saturated heterocycles. The predicted octanol–water partition coefficient (Wildman–Crippen LogP) is 5.05. The molecule has 0 aliphatic rings. The zero-order valence-corrected chi connectivity index (χ0v) is 22.1. The van der Waals surface area contributed by atoms with Gasteiger partial charge in [0.05, 0.1) is 29.7 Å². The molecule has 0 heterocycles. The second-order valence-corrected chi connectivity index (χ2v) is 10.9. The molecule has 0 aromatic heterocycles. The molecular weight excluding hydrogens is 474 g/mol. The van der Waals surface area contributed by atoms with Gasteiger partial charge in [-0.3, -0.25) is 13.9 Å². The van der Waals surface area contributed by atoms with E-state index in [-0.39, 0.29) is 24.4 Å². The van der Waals surface area contributed by atoms with Crippen molar-refractivity contribution in [2.24, 2.45) is 0 Å². The maximum Gasteiger partial charge on any atom is 0.255 e. The van der Waals surface area contributed by atoms with Crippen LogP contribution in [0.5, 0.6) is 0 Å². The van der Waals surface area contributed by atoms with Gasteiger partial charge in [0.25, 0.3) is 11.8 Å². The van der Waals surface area contributed by atoms with E-state index in [1.54, 1.807) is 48.5 Å². The molecule has 2 N–H and O–H groups in total. The number of para-hydroxylation sites is 1. The molecule has 2 amide bonds. The standard InChI is InChI=1S/C28H33N3O4S/c1-6-21(4)29-28(33)24-9-7-8-10-25(24)30-27(32)23-15-13-22(14-16-23)18-31(36(5,34)35)26-17-19(2)11-12-20(26)3/h7-17,21H,6,18H2,1-5H3,(H,29,33)(H,30,32)/t21-/m1/s1. The van der Waals surface area contributed by atoms with Crippen molar-refractivity contribution in [3.8, 4) is 0 Å². The van der Waals surface area contributed by atoms with E-state index in [0.29, 0.717) is 22.5 Å². The Kier molecular flexibility index (Phi) is 8.53. The number of rotatable bonds is 9. The van der Waals surface area contributed by atoms with Gasteiger partial charge >= 0.3 is 0 Å². The van der Waals surface area contributed by atoms with Crippen molar-refractivity contribution >= 4 is 33.2 Å². The summed E-state index contributed by atoms with van der Waals surface area (Å²) in [5.74, 6) is -0.609. The fourth-order valence-corrected chi connectivity index (χ4v) is 4.62. The van der Waals surface area contributed by atoms with E-state index >= 15 is 0 Å². The highest BCUT2D eigenvalue weighted by atomic mass is 32.2. The lowest BCUT2D eigenvalue weighted by Crippen LogP contribution is -2.32. The summed E-state index contributed by atoms with van der Waals surface area (Å²) in [6, 6.07) is 19.3. The number of anilines is 2. The van der Waals surface area contributed by atoms with Crippen molar-refractivity contribution in [2.45, 2.75) is 46.7 Å². The van der Waals surface area contributed by atoms with Gasteiger partial charge in [0.15, 0.2) is 0 Å². The third kappa shape index (κ3) is 6.73. The van der Waals surface area contributed by atoms with E-state index in [1.807, 2.05) is 45.9 Å². The number of hydrogen-bond acceptors (Lipinski definition) is 4. The molecule has 8 heteroatoms. The average Bonchev–Trinajstić information content (AvgIpc) is 2.84. The summed E-state index contributed by atoms with van der Waals surface area (Å²) < 4.78 is 26.5. The summed E-state index contributed by atoms with van der Waals surface area (Å²) >= 11 is 0. The molecule has 0 saturated carbocycles. The topological polar surface area (TPSA) is 95.6 Å². The maximum atomic E-state index is 12.9. The molecular formula is C28H33N3O4S. The van der Waals surface area contributed by atoms with Gasteiger partial charge < -0.3 is 10.6 Å². The molecule has 0 radical (unpaired) electrons. The van der Waals surface area contributed by atoms with Crippen LogP contribution >= 0.6 is 0 Å². The van der Waals surface area contributed by atoms with Crippen LogP contribution < -0.4 is 14.9 Å². The third-order valence-corrected chi connectivity index (χ3v) is 7.11. The predicted molar refractivity (Wildman–Crippen MR) is 145 cm³/mol. The van der Waals surface area contributed by atoms with Crippen LogP contribution in [0, 0.1) is 13.8 Å². The molecule has 7 nitrogen and oxygen atoms in total. The molecule has 190 valence electrons. The number of hydrogen-bond donors (Lipinski definition) is 2. The Morgan fingerprint density at radius 3 is 2.25 bits per heavy atom. The molecule has 0 bridgehead atoms. The van der Waals surface area contributed by atoms with Gasteiger partial charge in [0.2, 0.25) is 10.0 Å². The SMILES string of the molecule is CC[C@@H](C)NC(=O)c1ccccc1NC(=O)c1ccc(CN(c2cc(C)ccc2C)S(C)(=O)=O)cc1. The van der Waals surface area contributed by atoms with E-state index in [4.69, 9.17) is 0 Å². The molecule has 0 aliphatic heterocycles. The van der Waals surface area contributed by atoms with Gasteiger partial charge in [0, 0.05) is 11.6 Å².